The Balaban J connectivity index is 2.74. The molecule has 0 atom stereocenters. The maximum Gasteiger partial charge on any atom is 0.240 e. The molecular formula is C11H8N2O2. The Morgan fingerprint density at radius 2 is 2.00 bits per heavy atom. The monoisotopic (exact) mass is 200 g/mol. The molecule has 1 aromatic carbocycles. The summed E-state index contributed by atoms with van der Waals surface area (Å²) in [6.07, 6.45) is 1.48. The minimum absolute atomic E-state index is 0.0360. The molecule has 0 heterocycles. The van der Waals surface area contributed by atoms with E-state index in [4.69, 9.17) is 5.73 Å². The van der Waals surface area contributed by atoms with Crippen LogP contribution in [0.25, 0.3) is 0 Å². The van der Waals surface area contributed by atoms with Gasteiger partial charge in [0.2, 0.25) is 12.0 Å². The number of carbonyl (C=O) groups is 1. The lowest BCUT2D eigenvalue weighted by Crippen LogP contribution is -2.08. The fourth-order valence-electron chi connectivity index (χ4n) is 0.905. The fourth-order valence-corrected chi connectivity index (χ4v) is 0.905. The fraction of sp³-hybridized carbons (Fsp3) is 0.0909. The van der Waals surface area contributed by atoms with Crippen LogP contribution in [-0.2, 0) is 9.59 Å². The number of nitrogens with zero attached hydrogens (tertiary/aromatic N) is 1. The summed E-state index contributed by atoms with van der Waals surface area (Å²) in [6.45, 7) is 0. The van der Waals surface area contributed by atoms with Gasteiger partial charge in [-0.1, -0.05) is 11.8 Å². The third-order valence-electron chi connectivity index (χ3n) is 1.54. The molecule has 0 aliphatic carbocycles. The summed E-state index contributed by atoms with van der Waals surface area (Å²) >= 11 is 0. The van der Waals surface area contributed by atoms with Crippen LogP contribution in [0.4, 0.5) is 5.69 Å². The second kappa shape index (κ2) is 5.38. The third kappa shape index (κ3) is 3.90. The molecule has 0 saturated carbocycles. The van der Waals surface area contributed by atoms with Crippen molar-refractivity contribution in [2.75, 3.05) is 0 Å². The van der Waals surface area contributed by atoms with Gasteiger partial charge in [0, 0.05) is 5.56 Å². The maximum atomic E-state index is 10.4. The number of benzene rings is 1. The van der Waals surface area contributed by atoms with Crippen molar-refractivity contribution in [3.63, 3.8) is 0 Å². The molecule has 1 amide bonds. The van der Waals surface area contributed by atoms with Crippen LogP contribution in [0.3, 0.4) is 0 Å². The molecule has 2 N–H and O–H groups in total. The van der Waals surface area contributed by atoms with Crippen LogP contribution in [0.2, 0.25) is 0 Å². The highest BCUT2D eigenvalue weighted by molar-refractivity contribution is 5.76. The van der Waals surface area contributed by atoms with Gasteiger partial charge in [0.15, 0.2) is 0 Å². The van der Waals surface area contributed by atoms with Crippen LogP contribution in [-0.4, -0.2) is 12.0 Å². The van der Waals surface area contributed by atoms with E-state index in [0.29, 0.717) is 5.69 Å². The maximum absolute atomic E-state index is 10.4. The number of primary amides is 1. The molecule has 0 saturated heterocycles. The minimum Gasteiger partial charge on any atom is -0.369 e. The SMILES string of the molecule is NC(=O)CC#Cc1ccc(N=C=O)cc1. The molecule has 0 spiro atoms. The first kappa shape index (κ1) is 10.7. The molecule has 0 unspecified atom stereocenters. The molecule has 4 nitrogen and oxygen atoms in total. The highest BCUT2D eigenvalue weighted by atomic mass is 16.1. The predicted octanol–water partition coefficient (Wildman–Crippen LogP) is 0.881. The summed E-state index contributed by atoms with van der Waals surface area (Å²) in [6, 6.07) is 6.67. The Morgan fingerprint density at radius 1 is 1.33 bits per heavy atom. The van der Waals surface area contributed by atoms with Gasteiger partial charge < -0.3 is 5.73 Å². The van der Waals surface area contributed by atoms with Crippen LogP contribution in [0.15, 0.2) is 29.3 Å². The highest BCUT2D eigenvalue weighted by Gasteiger charge is 1.90. The van der Waals surface area contributed by atoms with E-state index >= 15 is 0 Å². The van der Waals surface area contributed by atoms with Gasteiger partial charge in [-0.15, -0.1) is 0 Å². The number of hydrogen-bond donors (Lipinski definition) is 1. The number of hydrogen-bond acceptors (Lipinski definition) is 3. The molecule has 0 radical (unpaired) electrons. The lowest BCUT2D eigenvalue weighted by molar-refractivity contribution is -0.117. The molecule has 0 aliphatic rings. The second-order valence-electron chi connectivity index (χ2n) is 2.69. The van der Waals surface area contributed by atoms with E-state index in [1.54, 1.807) is 24.3 Å². The number of aliphatic imine (C=N–C) groups is 1. The molecule has 1 rings (SSSR count). The van der Waals surface area contributed by atoms with E-state index in [-0.39, 0.29) is 6.42 Å². The topological polar surface area (TPSA) is 72.5 Å². The predicted molar refractivity (Wildman–Crippen MR) is 54.9 cm³/mol. The lowest BCUT2D eigenvalue weighted by Gasteiger charge is -1.90. The summed E-state index contributed by atoms with van der Waals surface area (Å²) in [5.41, 5.74) is 6.18. The summed E-state index contributed by atoms with van der Waals surface area (Å²) in [5, 5.41) is 0. The van der Waals surface area contributed by atoms with Gasteiger partial charge in [-0.05, 0) is 24.3 Å². The number of isocyanates is 1. The molecule has 1 aromatic rings. The van der Waals surface area contributed by atoms with Crippen molar-refractivity contribution in [3.8, 4) is 11.8 Å². The summed E-state index contributed by atoms with van der Waals surface area (Å²) in [4.78, 5) is 23.8. The third-order valence-corrected chi connectivity index (χ3v) is 1.54. The lowest BCUT2D eigenvalue weighted by atomic mass is 10.2. The van der Waals surface area contributed by atoms with Crippen LogP contribution in [0.5, 0.6) is 0 Å². The second-order valence-corrected chi connectivity index (χ2v) is 2.69. The Labute approximate surface area is 86.8 Å². The van der Waals surface area contributed by atoms with Gasteiger partial charge in [-0.2, -0.15) is 4.99 Å². The first-order valence-electron chi connectivity index (χ1n) is 4.17. The molecule has 4 heteroatoms. The summed E-state index contributed by atoms with van der Waals surface area (Å²) in [7, 11) is 0. The molecular weight excluding hydrogens is 192 g/mol. The molecule has 0 aliphatic heterocycles. The number of rotatable bonds is 2. The largest absolute Gasteiger partial charge is 0.369 e. The van der Waals surface area contributed by atoms with E-state index in [1.807, 2.05) is 0 Å². The quantitative estimate of drug-likeness (QED) is 0.437. The molecule has 15 heavy (non-hydrogen) atoms. The Hall–Kier alpha value is -2.37. The van der Waals surface area contributed by atoms with Crippen molar-refractivity contribution >= 4 is 17.7 Å². The molecule has 0 fully saturated rings. The van der Waals surface area contributed by atoms with E-state index in [1.165, 1.54) is 6.08 Å². The van der Waals surface area contributed by atoms with Gasteiger partial charge in [0.1, 0.15) is 0 Å². The van der Waals surface area contributed by atoms with Crippen molar-refractivity contribution in [2.24, 2.45) is 10.7 Å². The zero-order chi connectivity index (χ0) is 11.1. The van der Waals surface area contributed by atoms with Crippen molar-refractivity contribution in [2.45, 2.75) is 6.42 Å². The Bertz CT molecular complexity index is 460. The molecule has 0 aromatic heterocycles. The Kier molecular flexibility index (Phi) is 3.84. The zero-order valence-corrected chi connectivity index (χ0v) is 7.86. The van der Waals surface area contributed by atoms with E-state index in [0.717, 1.165) is 5.56 Å². The smallest absolute Gasteiger partial charge is 0.240 e. The number of nitrogens with two attached hydrogens (primary N) is 1. The minimum atomic E-state index is -0.454. The first-order valence-corrected chi connectivity index (χ1v) is 4.17. The molecule has 0 bridgehead atoms. The van der Waals surface area contributed by atoms with Crippen molar-refractivity contribution in [1.82, 2.24) is 0 Å². The van der Waals surface area contributed by atoms with E-state index < -0.39 is 5.91 Å². The standard InChI is InChI=1S/C11H8N2O2/c12-11(15)3-1-2-9-4-6-10(7-5-9)13-8-14/h4-7H,3H2,(H2,12,15). The Morgan fingerprint density at radius 3 is 2.53 bits per heavy atom. The summed E-state index contributed by atoms with van der Waals surface area (Å²) in [5.74, 6) is 4.92. The van der Waals surface area contributed by atoms with Crippen LogP contribution < -0.4 is 5.73 Å². The normalized spacial score (nSPS) is 8.27. The number of carbonyl (C=O) groups excluding carboxylic acids is 2. The molecule has 74 valence electrons. The number of amides is 1. The van der Waals surface area contributed by atoms with Gasteiger partial charge >= 0.3 is 0 Å². The van der Waals surface area contributed by atoms with Gasteiger partial charge in [-0.25, -0.2) is 4.79 Å². The zero-order valence-electron chi connectivity index (χ0n) is 7.86. The highest BCUT2D eigenvalue weighted by Crippen LogP contribution is 2.11. The van der Waals surface area contributed by atoms with E-state index in [2.05, 4.69) is 16.8 Å². The van der Waals surface area contributed by atoms with Crippen molar-refractivity contribution < 1.29 is 9.59 Å². The van der Waals surface area contributed by atoms with Crippen molar-refractivity contribution in [1.29, 1.82) is 0 Å². The van der Waals surface area contributed by atoms with E-state index in [9.17, 15) is 9.59 Å². The summed E-state index contributed by atoms with van der Waals surface area (Å²) < 4.78 is 0. The average Bonchev–Trinajstić information content (AvgIpc) is 2.20. The van der Waals surface area contributed by atoms with Gasteiger partial charge in [0.25, 0.3) is 0 Å². The van der Waals surface area contributed by atoms with Crippen LogP contribution >= 0.6 is 0 Å². The van der Waals surface area contributed by atoms with Crippen LogP contribution in [0, 0.1) is 11.8 Å². The first-order chi connectivity index (χ1) is 7.22. The van der Waals surface area contributed by atoms with Crippen LogP contribution in [0.1, 0.15) is 12.0 Å². The van der Waals surface area contributed by atoms with Gasteiger partial charge in [-0.3, -0.25) is 4.79 Å². The van der Waals surface area contributed by atoms with Gasteiger partial charge in [0.05, 0.1) is 12.1 Å². The average molecular weight is 200 g/mol. The van der Waals surface area contributed by atoms with Crippen molar-refractivity contribution in [3.05, 3.63) is 29.8 Å².